The van der Waals surface area contributed by atoms with Gasteiger partial charge in [0.2, 0.25) is 5.91 Å². The molecule has 3 heteroatoms. The van der Waals surface area contributed by atoms with Gasteiger partial charge in [0.1, 0.15) is 6.04 Å². The highest BCUT2D eigenvalue weighted by Gasteiger charge is 2.30. The van der Waals surface area contributed by atoms with Crippen LogP contribution in [0.3, 0.4) is 0 Å². The Labute approximate surface area is 144 Å². The van der Waals surface area contributed by atoms with Gasteiger partial charge in [-0.2, -0.15) is 0 Å². The molecule has 2 atom stereocenters. The van der Waals surface area contributed by atoms with Gasteiger partial charge in [0.05, 0.1) is 0 Å². The molecule has 1 amide bonds. The first-order chi connectivity index (χ1) is 11.6. The first-order valence-corrected chi connectivity index (χ1v) is 8.81. The predicted octanol–water partition coefficient (Wildman–Crippen LogP) is 3.99. The van der Waals surface area contributed by atoms with E-state index in [1.165, 1.54) is 5.56 Å². The minimum absolute atomic E-state index is 0.0743. The Balaban J connectivity index is 1.85. The third-order valence-electron chi connectivity index (χ3n) is 4.49. The second-order valence-corrected chi connectivity index (χ2v) is 6.93. The van der Waals surface area contributed by atoms with Crippen LogP contribution in [-0.2, 0) is 4.79 Å². The molecule has 1 aliphatic rings. The van der Waals surface area contributed by atoms with E-state index >= 15 is 0 Å². The predicted molar refractivity (Wildman–Crippen MR) is 97.5 cm³/mol. The van der Waals surface area contributed by atoms with Crippen LogP contribution in [0.5, 0.6) is 0 Å². The second-order valence-electron chi connectivity index (χ2n) is 6.93. The van der Waals surface area contributed by atoms with Crippen molar-refractivity contribution in [3.63, 3.8) is 0 Å². The number of carbonyl (C=O) groups is 1. The van der Waals surface area contributed by atoms with Crippen LogP contribution in [0, 0.1) is 5.92 Å². The summed E-state index contributed by atoms with van der Waals surface area (Å²) in [5.74, 6) is 0.456. The van der Waals surface area contributed by atoms with Crippen LogP contribution in [0.1, 0.15) is 49.9 Å². The monoisotopic (exact) mass is 322 g/mol. The normalized spacial score (nSPS) is 16.6. The quantitative estimate of drug-likeness (QED) is 0.809. The topological polar surface area (TPSA) is 41.1 Å². The van der Waals surface area contributed by atoms with Crippen molar-refractivity contribution in [2.45, 2.75) is 44.8 Å². The van der Waals surface area contributed by atoms with E-state index in [2.05, 4.69) is 36.6 Å². The number of hydrogen-bond donors (Lipinski definition) is 2. The van der Waals surface area contributed by atoms with Crippen molar-refractivity contribution in [1.29, 1.82) is 0 Å². The van der Waals surface area contributed by atoms with E-state index in [4.69, 9.17) is 0 Å². The largest absolute Gasteiger partial charge is 0.352 e. The molecule has 0 saturated heterocycles. The maximum absolute atomic E-state index is 12.8. The van der Waals surface area contributed by atoms with Crippen LogP contribution in [-0.4, -0.2) is 11.9 Å². The molecule has 3 nitrogen and oxygen atoms in total. The van der Waals surface area contributed by atoms with Gasteiger partial charge in [0.25, 0.3) is 0 Å². The summed E-state index contributed by atoms with van der Waals surface area (Å²) in [6.07, 6.45) is 2.19. The Morgan fingerprint density at radius 1 is 0.917 bits per heavy atom. The molecule has 0 bridgehead atoms. The third kappa shape index (κ3) is 4.24. The molecule has 0 spiro atoms. The molecule has 0 aliphatic heterocycles. The Kier molecular flexibility index (Phi) is 5.31. The van der Waals surface area contributed by atoms with Crippen molar-refractivity contribution in [1.82, 2.24) is 10.6 Å². The van der Waals surface area contributed by atoms with Crippen molar-refractivity contribution >= 4 is 5.91 Å². The molecule has 0 aromatic heterocycles. The molecular formula is C21H26N2O. The number of nitrogens with one attached hydrogen (secondary N) is 2. The lowest BCUT2D eigenvalue weighted by Gasteiger charge is -2.28. The van der Waals surface area contributed by atoms with Crippen LogP contribution < -0.4 is 10.6 Å². The Morgan fingerprint density at radius 2 is 1.46 bits per heavy atom. The summed E-state index contributed by atoms with van der Waals surface area (Å²) in [4.78, 5) is 12.8. The Morgan fingerprint density at radius 3 is 1.96 bits per heavy atom. The maximum atomic E-state index is 12.8. The standard InChI is InChI=1S/C21H26N2O/c1-15(2)19(16-9-5-3-6-10-16)23-20(17-11-7-4-8-12-17)21(24)22-18-13-14-18/h3-12,15,18-20,23H,13-14H2,1-2H3,(H,22,24)/t19-,20+/m0/s1. The summed E-state index contributed by atoms with van der Waals surface area (Å²) in [5, 5.41) is 6.75. The minimum atomic E-state index is -0.334. The van der Waals surface area contributed by atoms with E-state index in [0.29, 0.717) is 12.0 Å². The van der Waals surface area contributed by atoms with Crippen molar-refractivity contribution < 1.29 is 4.79 Å². The second kappa shape index (κ2) is 7.63. The van der Waals surface area contributed by atoms with Crippen molar-refractivity contribution in [3.05, 3.63) is 71.8 Å². The lowest BCUT2D eigenvalue weighted by Crippen LogP contribution is -2.41. The van der Waals surface area contributed by atoms with Crippen molar-refractivity contribution in [2.75, 3.05) is 0 Å². The van der Waals surface area contributed by atoms with Gasteiger partial charge in [-0.15, -0.1) is 0 Å². The summed E-state index contributed by atoms with van der Waals surface area (Å²) < 4.78 is 0. The molecule has 2 aromatic rings. The van der Waals surface area contributed by atoms with Gasteiger partial charge in [-0.25, -0.2) is 0 Å². The zero-order chi connectivity index (χ0) is 16.9. The molecule has 1 aliphatic carbocycles. The van der Waals surface area contributed by atoms with Gasteiger partial charge in [-0.05, 0) is 29.9 Å². The van der Waals surface area contributed by atoms with Gasteiger partial charge in [0, 0.05) is 12.1 Å². The van der Waals surface area contributed by atoms with E-state index in [0.717, 1.165) is 18.4 Å². The van der Waals surface area contributed by atoms with Crippen LogP contribution in [0.25, 0.3) is 0 Å². The molecule has 0 heterocycles. The Hall–Kier alpha value is -2.13. The van der Waals surface area contributed by atoms with Gasteiger partial charge in [-0.1, -0.05) is 74.5 Å². The van der Waals surface area contributed by atoms with Crippen LogP contribution in [0.2, 0.25) is 0 Å². The molecule has 0 radical (unpaired) electrons. The van der Waals surface area contributed by atoms with E-state index in [1.54, 1.807) is 0 Å². The average Bonchev–Trinajstić information content (AvgIpc) is 3.41. The SMILES string of the molecule is CC(C)[C@H](N[C@@H](C(=O)NC1CC1)c1ccccc1)c1ccccc1. The lowest BCUT2D eigenvalue weighted by atomic mass is 9.93. The molecule has 1 fully saturated rings. The number of amides is 1. The molecule has 126 valence electrons. The highest BCUT2D eigenvalue weighted by molar-refractivity contribution is 5.83. The van der Waals surface area contributed by atoms with Gasteiger partial charge < -0.3 is 5.32 Å². The van der Waals surface area contributed by atoms with Crippen LogP contribution in [0.4, 0.5) is 0 Å². The number of benzene rings is 2. The zero-order valence-electron chi connectivity index (χ0n) is 14.4. The van der Waals surface area contributed by atoms with Gasteiger partial charge in [0.15, 0.2) is 0 Å². The van der Waals surface area contributed by atoms with Crippen LogP contribution >= 0.6 is 0 Å². The third-order valence-corrected chi connectivity index (χ3v) is 4.49. The van der Waals surface area contributed by atoms with Gasteiger partial charge >= 0.3 is 0 Å². The first kappa shape index (κ1) is 16.7. The Bertz CT molecular complexity index is 650. The van der Waals surface area contributed by atoms with Crippen molar-refractivity contribution in [3.8, 4) is 0 Å². The van der Waals surface area contributed by atoms with E-state index < -0.39 is 0 Å². The van der Waals surface area contributed by atoms with E-state index in [-0.39, 0.29) is 18.0 Å². The molecule has 3 rings (SSSR count). The zero-order valence-corrected chi connectivity index (χ0v) is 14.4. The number of carbonyl (C=O) groups excluding carboxylic acids is 1. The summed E-state index contributed by atoms with van der Waals surface area (Å²) in [5.41, 5.74) is 2.23. The molecule has 2 N–H and O–H groups in total. The molecular weight excluding hydrogens is 296 g/mol. The smallest absolute Gasteiger partial charge is 0.241 e. The number of hydrogen-bond acceptors (Lipinski definition) is 2. The molecule has 0 unspecified atom stereocenters. The fourth-order valence-electron chi connectivity index (χ4n) is 2.99. The van der Waals surface area contributed by atoms with Crippen LogP contribution in [0.15, 0.2) is 60.7 Å². The maximum Gasteiger partial charge on any atom is 0.241 e. The fourth-order valence-corrected chi connectivity index (χ4v) is 2.99. The molecule has 24 heavy (non-hydrogen) atoms. The van der Waals surface area contributed by atoms with E-state index in [9.17, 15) is 4.79 Å². The summed E-state index contributed by atoms with van der Waals surface area (Å²) >= 11 is 0. The molecule has 1 saturated carbocycles. The lowest BCUT2D eigenvalue weighted by molar-refractivity contribution is -0.123. The fraction of sp³-hybridized carbons (Fsp3) is 0.381. The number of rotatable bonds is 7. The summed E-state index contributed by atoms with van der Waals surface area (Å²) in [6, 6.07) is 20.5. The van der Waals surface area contributed by atoms with Gasteiger partial charge in [-0.3, -0.25) is 10.1 Å². The average molecular weight is 322 g/mol. The molecule has 2 aromatic carbocycles. The van der Waals surface area contributed by atoms with E-state index in [1.807, 2.05) is 48.5 Å². The summed E-state index contributed by atoms with van der Waals surface area (Å²) in [7, 11) is 0. The highest BCUT2D eigenvalue weighted by atomic mass is 16.2. The first-order valence-electron chi connectivity index (χ1n) is 8.81. The summed E-state index contributed by atoms with van der Waals surface area (Å²) in [6.45, 7) is 4.37. The van der Waals surface area contributed by atoms with Crippen molar-refractivity contribution in [2.24, 2.45) is 5.92 Å². The highest BCUT2D eigenvalue weighted by Crippen LogP contribution is 2.27. The minimum Gasteiger partial charge on any atom is -0.352 e.